The molecular formula is C19H34N2OSn. The Morgan fingerprint density at radius 3 is 1.91 bits per heavy atom. The van der Waals surface area contributed by atoms with Crippen LogP contribution in [0.5, 0.6) is 0 Å². The van der Waals surface area contributed by atoms with Crippen molar-refractivity contribution < 1.29 is 4.79 Å². The van der Waals surface area contributed by atoms with Crippen molar-refractivity contribution in [3.63, 3.8) is 0 Å². The molecule has 0 radical (unpaired) electrons. The molecular weight excluding hydrogens is 391 g/mol. The van der Waals surface area contributed by atoms with Crippen molar-refractivity contribution in [2.75, 3.05) is 0 Å². The molecule has 1 heterocycles. The average Bonchev–Trinajstić information content (AvgIpc) is 2.54. The Kier molecular flexibility index (Phi) is 10.00. The Bertz CT molecular complexity index is 455. The van der Waals surface area contributed by atoms with Gasteiger partial charge in [-0.3, -0.25) is 0 Å². The number of nitrogens with zero attached hydrogens (tertiary/aromatic N) is 2. The molecule has 130 valence electrons. The van der Waals surface area contributed by atoms with Crippen molar-refractivity contribution in [1.29, 1.82) is 0 Å². The van der Waals surface area contributed by atoms with Gasteiger partial charge >= 0.3 is 147 Å². The molecule has 0 saturated heterocycles. The van der Waals surface area contributed by atoms with E-state index in [1.54, 1.807) is 0 Å². The molecule has 0 unspecified atom stereocenters. The minimum atomic E-state index is -2.49. The molecule has 0 aliphatic carbocycles. The number of aldehydes is 1. The first kappa shape index (κ1) is 20.6. The fourth-order valence-electron chi connectivity index (χ4n) is 3.40. The van der Waals surface area contributed by atoms with Gasteiger partial charge in [0, 0.05) is 0 Å². The molecule has 0 spiro atoms. The Morgan fingerprint density at radius 1 is 0.957 bits per heavy atom. The number of rotatable bonds is 12. The van der Waals surface area contributed by atoms with Crippen LogP contribution in [-0.4, -0.2) is 34.6 Å². The van der Waals surface area contributed by atoms with E-state index >= 15 is 0 Å². The number of aryl methyl sites for hydroxylation is 1. The minimum absolute atomic E-state index is 0.424. The monoisotopic (exact) mass is 426 g/mol. The molecule has 0 atom stereocenters. The predicted molar refractivity (Wildman–Crippen MR) is 101 cm³/mol. The van der Waals surface area contributed by atoms with E-state index in [1.807, 2.05) is 6.92 Å². The van der Waals surface area contributed by atoms with Crippen LogP contribution in [0.3, 0.4) is 0 Å². The van der Waals surface area contributed by atoms with E-state index in [-0.39, 0.29) is 0 Å². The van der Waals surface area contributed by atoms with Crippen molar-refractivity contribution in [3.8, 4) is 0 Å². The second-order valence-electron chi connectivity index (χ2n) is 6.75. The molecule has 1 aromatic heterocycles. The zero-order valence-electron chi connectivity index (χ0n) is 15.5. The van der Waals surface area contributed by atoms with Crippen molar-refractivity contribution in [3.05, 3.63) is 17.6 Å². The third kappa shape index (κ3) is 6.52. The number of carbonyl (C=O) groups is 1. The summed E-state index contributed by atoms with van der Waals surface area (Å²) in [5.74, 6) is 0.852. The Labute approximate surface area is 146 Å². The molecule has 0 aliphatic rings. The third-order valence-electron chi connectivity index (χ3n) is 4.75. The van der Waals surface area contributed by atoms with Gasteiger partial charge in [-0.25, -0.2) is 0 Å². The molecule has 1 aromatic rings. The standard InChI is InChI=1S/C7H7N2O.3C4H9.Sn/c1-6-8-4-2-7(9-6)3-5-10;3*1-3-4-2;/h2,5H,3H2,1H3;3*1,3-4H2,2H3;. The van der Waals surface area contributed by atoms with Gasteiger partial charge in [0.15, 0.2) is 0 Å². The normalized spacial score (nSPS) is 11.7. The number of hydrogen-bond donors (Lipinski definition) is 0. The van der Waals surface area contributed by atoms with E-state index in [4.69, 9.17) is 4.98 Å². The van der Waals surface area contributed by atoms with E-state index in [2.05, 4.69) is 31.8 Å². The van der Waals surface area contributed by atoms with Crippen LogP contribution in [0.15, 0.2) is 6.07 Å². The van der Waals surface area contributed by atoms with Crippen LogP contribution in [0.4, 0.5) is 0 Å². The van der Waals surface area contributed by atoms with Gasteiger partial charge in [-0.05, 0) is 0 Å². The van der Waals surface area contributed by atoms with E-state index < -0.39 is 18.4 Å². The van der Waals surface area contributed by atoms with Crippen molar-refractivity contribution in [2.24, 2.45) is 0 Å². The van der Waals surface area contributed by atoms with Crippen molar-refractivity contribution in [1.82, 2.24) is 9.97 Å². The fourth-order valence-corrected chi connectivity index (χ4v) is 19.0. The average molecular weight is 425 g/mol. The molecule has 0 bridgehead atoms. The van der Waals surface area contributed by atoms with Gasteiger partial charge in [-0.2, -0.15) is 0 Å². The molecule has 3 nitrogen and oxygen atoms in total. The summed E-state index contributed by atoms with van der Waals surface area (Å²) < 4.78 is 5.60. The van der Waals surface area contributed by atoms with Crippen LogP contribution >= 0.6 is 0 Å². The van der Waals surface area contributed by atoms with Crippen LogP contribution in [0.1, 0.15) is 70.8 Å². The van der Waals surface area contributed by atoms with Gasteiger partial charge < -0.3 is 0 Å². The number of carbonyl (C=O) groups excluding carboxylic acids is 1. The summed E-state index contributed by atoms with van der Waals surface area (Å²) in [6.07, 6.45) is 9.17. The number of hydrogen-bond acceptors (Lipinski definition) is 3. The summed E-state index contributed by atoms with van der Waals surface area (Å²) in [7, 11) is 0. The summed E-state index contributed by atoms with van der Waals surface area (Å²) in [6, 6.07) is 2.19. The first-order valence-corrected chi connectivity index (χ1v) is 16.9. The summed E-state index contributed by atoms with van der Waals surface area (Å²) in [6.45, 7) is 8.85. The molecule has 1 rings (SSSR count). The molecule has 0 aromatic carbocycles. The molecule has 0 N–H and O–H groups in total. The number of aromatic nitrogens is 2. The van der Waals surface area contributed by atoms with Crippen LogP contribution in [0, 0.1) is 6.92 Å². The second-order valence-corrected chi connectivity index (χ2v) is 19.8. The van der Waals surface area contributed by atoms with E-state index in [0.29, 0.717) is 6.42 Å². The zero-order valence-corrected chi connectivity index (χ0v) is 18.4. The predicted octanol–water partition coefficient (Wildman–Crippen LogP) is 4.58. The van der Waals surface area contributed by atoms with Crippen LogP contribution in [0.25, 0.3) is 0 Å². The fraction of sp³-hybridized carbons (Fsp3) is 0.737. The summed E-state index contributed by atoms with van der Waals surface area (Å²) in [4.78, 5) is 20.3. The Morgan fingerprint density at radius 2 is 1.48 bits per heavy atom. The second kappa shape index (κ2) is 11.2. The Balaban J connectivity index is 3.24. The topological polar surface area (TPSA) is 42.9 Å². The summed E-state index contributed by atoms with van der Waals surface area (Å²) >= 11 is -2.49. The van der Waals surface area contributed by atoms with Gasteiger partial charge in [0.1, 0.15) is 0 Å². The van der Waals surface area contributed by atoms with Crippen molar-refractivity contribution in [2.45, 2.75) is 86.0 Å². The van der Waals surface area contributed by atoms with E-state index in [1.165, 1.54) is 55.5 Å². The van der Waals surface area contributed by atoms with Gasteiger partial charge in [-0.15, -0.1) is 0 Å². The number of unbranched alkanes of at least 4 members (excludes halogenated alkanes) is 3. The zero-order chi connectivity index (χ0) is 17.1. The van der Waals surface area contributed by atoms with E-state index in [0.717, 1.165) is 17.8 Å². The Hall–Kier alpha value is -0.451. The van der Waals surface area contributed by atoms with Crippen LogP contribution in [0.2, 0.25) is 13.3 Å². The van der Waals surface area contributed by atoms with Crippen LogP contribution < -0.4 is 3.71 Å². The summed E-state index contributed by atoms with van der Waals surface area (Å²) in [5.41, 5.74) is 0.924. The maximum atomic E-state index is 10.9. The van der Waals surface area contributed by atoms with Crippen LogP contribution in [-0.2, 0) is 11.2 Å². The molecule has 4 heteroatoms. The van der Waals surface area contributed by atoms with E-state index in [9.17, 15) is 4.79 Å². The molecule has 23 heavy (non-hydrogen) atoms. The third-order valence-corrected chi connectivity index (χ3v) is 19.8. The summed E-state index contributed by atoms with van der Waals surface area (Å²) in [5, 5.41) is 0. The molecule has 0 saturated carbocycles. The first-order chi connectivity index (χ1) is 11.1. The SMILES string of the molecule is CCC[CH2][Sn]([CH2]CCC)([CH2]CCC)[c]1cc(CC=O)nc(C)n1. The first-order valence-electron chi connectivity index (χ1n) is 9.40. The molecule has 0 fully saturated rings. The maximum absolute atomic E-state index is 10.9. The van der Waals surface area contributed by atoms with Gasteiger partial charge in [-0.1, -0.05) is 0 Å². The molecule has 0 amide bonds. The molecule has 0 aliphatic heterocycles. The van der Waals surface area contributed by atoms with Crippen molar-refractivity contribution >= 4 is 28.4 Å². The van der Waals surface area contributed by atoms with Gasteiger partial charge in [0.25, 0.3) is 0 Å². The van der Waals surface area contributed by atoms with Gasteiger partial charge in [0.2, 0.25) is 0 Å². The van der Waals surface area contributed by atoms with Gasteiger partial charge in [0.05, 0.1) is 0 Å². The quantitative estimate of drug-likeness (QED) is 0.364.